The summed E-state index contributed by atoms with van der Waals surface area (Å²) in [6, 6.07) is 0. The Morgan fingerprint density at radius 2 is 2.12 bits per heavy atom. The molecule has 2 nitrogen and oxygen atoms in total. The molecule has 0 saturated heterocycles. The summed E-state index contributed by atoms with van der Waals surface area (Å²) in [6.45, 7) is 2.60. The molecule has 0 aromatic rings. The van der Waals surface area contributed by atoms with Crippen LogP contribution in [0.3, 0.4) is 0 Å². The van der Waals surface area contributed by atoms with Crippen molar-refractivity contribution in [2.45, 2.75) is 6.42 Å². The number of nitrogens with one attached hydrogen (secondary N) is 1. The molecule has 0 saturated carbocycles. The van der Waals surface area contributed by atoms with E-state index in [1.807, 2.05) is 0 Å². The predicted octanol–water partition coefficient (Wildman–Crippen LogP) is 0.164. The molecule has 0 amide bonds. The Morgan fingerprint density at radius 1 is 1.38 bits per heavy atom. The van der Waals surface area contributed by atoms with Crippen LogP contribution >= 0.6 is 11.6 Å². The number of hydrogen-bond donors (Lipinski definition) is 2. The summed E-state index contributed by atoms with van der Waals surface area (Å²) in [5, 5.41) is 3.13. The van der Waals surface area contributed by atoms with Crippen LogP contribution in [-0.4, -0.2) is 25.5 Å². The zero-order chi connectivity index (χ0) is 6.24. The van der Waals surface area contributed by atoms with Gasteiger partial charge in [0.1, 0.15) is 0 Å². The summed E-state index contributed by atoms with van der Waals surface area (Å²) in [6.07, 6.45) is 1.03. The fourth-order valence-electron chi connectivity index (χ4n) is 0.419. The predicted molar refractivity (Wildman–Crippen MR) is 37.3 cm³/mol. The lowest BCUT2D eigenvalue weighted by atomic mass is 10.5. The number of nitrogens with two attached hydrogens (primary N) is 1. The van der Waals surface area contributed by atoms with Gasteiger partial charge in [0.25, 0.3) is 0 Å². The van der Waals surface area contributed by atoms with Crippen molar-refractivity contribution >= 4 is 11.6 Å². The van der Waals surface area contributed by atoms with Gasteiger partial charge in [0.15, 0.2) is 0 Å². The second-order valence-corrected chi connectivity index (χ2v) is 1.96. The summed E-state index contributed by atoms with van der Waals surface area (Å²) in [5.74, 6) is 0.734. The molecule has 0 aliphatic heterocycles. The first-order chi connectivity index (χ1) is 3.91. The van der Waals surface area contributed by atoms with Crippen molar-refractivity contribution < 1.29 is 0 Å². The molecule has 0 radical (unpaired) electrons. The van der Waals surface area contributed by atoms with E-state index < -0.39 is 0 Å². The minimum atomic E-state index is 0.711. The van der Waals surface area contributed by atoms with Crippen LogP contribution in [0.4, 0.5) is 0 Å². The molecule has 0 aliphatic carbocycles. The number of rotatable bonds is 5. The summed E-state index contributed by atoms with van der Waals surface area (Å²) >= 11 is 5.41. The lowest BCUT2D eigenvalue weighted by Gasteiger charge is -1.97. The van der Waals surface area contributed by atoms with Crippen molar-refractivity contribution in [2.24, 2.45) is 5.73 Å². The fourth-order valence-corrected chi connectivity index (χ4v) is 0.553. The zero-order valence-corrected chi connectivity index (χ0v) is 5.75. The van der Waals surface area contributed by atoms with Gasteiger partial charge in [-0.3, -0.25) is 0 Å². The maximum absolute atomic E-state index is 5.41. The monoisotopic (exact) mass is 136 g/mol. The molecule has 0 aromatic heterocycles. The average Bonchev–Trinajstić information content (AvgIpc) is 1.81. The molecule has 0 aromatic carbocycles. The van der Waals surface area contributed by atoms with Crippen molar-refractivity contribution in [1.82, 2.24) is 5.32 Å². The summed E-state index contributed by atoms with van der Waals surface area (Å²) in [4.78, 5) is 0. The molecule has 3 heteroatoms. The highest BCUT2D eigenvalue weighted by molar-refractivity contribution is 6.17. The Hall–Kier alpha value is 0.210. The van der Waals surface area contributed by atoms with Crippen LogP contribution in [0.15, 0.2) is 0 Å². The van der Waals surface area contributed by atoms with Crippen LogP contribution in [0.5, 0.6) is 0 Å². The molecular formula is C5H13ClN2. The van der Waals surface area contributed by atoms with Crippen molar-refractivity contribution in [2.75, 3.05) is 25.5 Å². The fraction of sp³-hybridized carbons (Fsp3) is 1.00. The summed E-state index contributed by atoms with van der Waals surface area (Å²) in [7, 11) is 0. The molecule has 8 heavy (non-hydrogen) atoms. The Kier molecular flexibility index (Phi) is 7.40. The second-order valence-electron chi connectivity index (χ2n) is 1.58. The van der Waals surface area contributed by atoms with Crippen LogP contribution in [0.2, 0.25) is 0 Å². The molecular weight excluding hydrogens is 124 g/mol. The van der Waals surface area contributed by atoms with Crippen LogP contribution in [-0.2, 0) is 0 Å². The first-order valence-corrected chi connectivity index (χ1v) is 3.42. The molecule has 0 spiro atoms. The Labute approximate surface area is 55.4 Å². The van der Waals surface area contributed by atoms with Crippen molar-refractivity contribution in [1.29, 1.82) is 0 Å². The molecule has 0 fully saturated rings. The van der Waals surface area contributed by atoms with E-state index in [1.165, 1.54) is 0 Å². The van der Waals surface area contributed by atoms with Gasteiger partial charge in [-0.25, -0.2) is 0 Å². The quantitative estimate of drug-likeness (QED) is 0.418. The van der Waals surface area contributed by atoms with Gasteiger partial charge in [-0.2, -0.15) is 0 Å². The molecule has 0 heterocycles. The lowest BCUT2D eigenvalue weighted by Crippen LogP contribution is -2.23. The maximum atomic E-state index is 5.41. The van der Waals surface area contributed by atoms with Gasteiger partial charge in [-0.05, 0) is 13.0 Å². The van der Waals surface area contributed by atoms with E-state index in [-0.39, 0.29) is 0 Å². The third-order valence-electron chi connectivity index (χ3n) is 0.808. The summed E-state index contributed by atoms with van der Waals surface area (Å²) < 4.78 is 0. The number of alkyl halides is 1. The highest BCUT2D eigenvalue weighted by Gasteiger charge is 1.81. The lowest BCUT2D eigenvalue weighted by molar-refractivity contribution is 0.680. The van der Waals surface area contributed by atoms with E-state index in [1.54, 1.807) is 0 Å². The average molecular weight is 137 g/mol. The van der Waals surface area contributed by atoms with Crippen molar-refractivity contribution in [3.63, 3.8) is 0 Å². The van der Waals surface area contributed by atoms with E-state index in [0.717, 1.165) is 25.4 Å². The van der Waals surface area contributed by atoms with E-state index in [2.05, 4.69) is 5.32 Å². The molecule has 0 atom stereocenters. The molecule has 50 valence electrons. The summed E-state index contributed by atoms with van der Waals surface area (Å²) in [5.41, 5.74) is 5.22. The first kappa shape index (κ1) is 8.21. The van der Waals surface area contributed by atoms with Crippen molar-refractivity contribution in [3.8, 4) is 0 Å². The highest BCUT2D eigenvalue weighted by atomic mass is 35.5. The zero-order valence-electron chi connectivity index (χ0n) is 4.99. The van der Waals surface area contributed by atoms with Gasteiger partial charge in [-0.15, -0.1) is 11.6 Å². The SMILES string of the molecule is NCCNCCCCl. The molecule has 0 unspecified atom stereocenters. The Balaban J connectivity index is 2.53. The molecule has 0 aliphatic rings. The van der Waals surface area contributed by atoms with Crippen molar-refractivity contribution in [3.05, 3.63) is 0 Å². The van der Waals surface area contributed by atoms with E-state index in [0.29, 0.717) is 6.54 Å². The standard InChI is InChI=1S/C5H13ClN2/c6-2-1-4-8-5-3-7/h8H,1-5,7H2. The molecule has 0 bridgehead atoms. The third-order valence-corrected chi connectivity index (χ3v) is 1.08. The highest BCUT2D eigenvalue weighted by Crippen LogP contribution is 1.79. The minimum absolute atomic E-state index is 0.711. The molecule has 0 rings (SSSR count). The Bertz CT molecular complexity index is 35.4. The third kappa shape index (κ3) is 6.21. The van der Waals surface area contributed by atoms with Crippen LogP contribution in [0.25, 0.3) is 0 Å². The van der Waals surface area contributed by atoms with Crippen LogP contribution < -0.4 is 11.1 Å². The first-order valence-electron chi connectivity index (χ1n) is 2.88. The second kappa shape index (κ2) is 7.21. The topological polar surface area (TPSA) is 38.0 Å². The van der Waals surface area contributed by atoms with Crippen LogP contribution in [0, 0.1) is 0 Å². The normalized spacial score (nSPS) is 9.75. The number of hydrogen-bond acceptors (Lipinski definition) is 2. The van der Waals surface area contributed by atoms with Gasteiger partial charge in [0, 0.05) is 19.0 Å². The van der Waals surface area contributed by atoms with Gasteiger partial charge in [0.2, 0.25) is 0 Å². The van der Waals surface area contributed by atoms with E-state index in [4.69, 9.17) is 17.3 Å². The van der Waals surface area contributed by atoms with Crippen LogP contribution in [0.1, 0.15) is 6.42 Å². The number of halogens is 1. The minimum Gasteiger partial charge on any atom is -0.329 e. The van der Waals surface area contributed by atoms with E-state index >= 15 is 0 Å². The smallest absolute Gasteiger partial charge is 0.0235 e. The van der Waals surface area contributed by atoms with Gasteiger partial charge in [0.05, 0.1) is 0 Å². The maximum Gasteiger partial charge on any atom is 0.0235 e. The largest absolute Gasteiger partial charge is 0.329 e. The van der Waals surface area contributed by atoms with Gasteiger partial charge < -0.3 is 11.1 Å². The molecule has 3 N–H and O–H groups in total. The van der Waals surface area contributed by atoms with Gasteiger partial charge >= 0.3 is 0 Å². The Morgan fingerprint density at radius 3 is 2.62 bits per heavy atom. The van der Waals surface area contributed by atoms with E-state index in [9.17, 15) is 0 Å². The van der Waals surface area contributed by atoms with Gasteiger partial charge in [-0.1, -0.05) is 0 Å².